The molecule has 90 valence electrons. The maximum absolute atomic E-state index is 11.7. The van der Waals surface area contributed by atoms with Gasteiger partial charge in [-0.05, 0) is 43.4 Å². The first kappa shape index (κ1) is 12.4. The van der Waals surface area contributed by atoms with Crippen molar-refractivity contribution in [2.24, 2.45) is 0 Å². The van der Waals surface area contributed by atoms with Gasteiger partial charge in [0.1, 0.15) is 0 Å². The fourth-order valence-corrected chi connectivity index (χ4v) is 2.45. The Bertz CT molecular complexity index is 449. The molecule has 1 amide bonds. The number of amides is 1. The van der Waals surface area contributed by atoms with E-state index in [1.165, 1.54) is 6.42 Å². The summed E-state index contributed by atoms with van der Waals surface area (Å²) in [6.45, 7) is 1.96. The molecule has 2 rings (SSSR count). The monoisotopic (exact) mass is 293 g/mol. The molecule has 1 aliphatic rings. The number of hydrogen-bond acceptors (Lipinski definition) is 1. The molecule has 1 aromatic carbocycles. The number of allylic oxidation sites excluding steroid dienone is 1. The Morgan fingerprint density at radius 2 is 2.12 bits per heavy atom. The molecule has 2 nitrogen and oxygen atoms in total. The summed E-state index contributed by atoms with van der Waals surface area (Å²) < 4.78 is 1.02. The smallest absolute Gasteiger partial charge is 0.244 e. The summed E-state index contributed by atoms with van der Waals surface area (Å²) in [5, 5.41) is 3.01. The first-order valence-electron chi connectivity index (χ1n) is 5.90. The van der Waals surface area contributed by atoms with E-state index in [4.69, 9.17) is 0 Å². The Kier molecular flexibility index (Phi) is 4.00. The standard InChI is InChI=1S/C14H16BrNO/c1-10(12-7-2-3-8-13(12)15)9-14(17)16-11-5-4-6-11/h2-3,7-9,11H,4-6H2,1H3,(H,16,17). The lowest BCUT2D eigenvalue weighted by Gasteiger charge is -2.25. The predicted molar refractivity (Wildman–Crippen MR) is 73.6 cm³/mol. The molecule has 0 bridgehead atoms. The van der Waals surface area contributed by atoms with Gasteiger partial charge in [0.05, 0.1) is 0 Å². The van der Waals surface area contributed by atoms with Gasteiger partial charge in [-0.2, -0.15) is 0 Å². The first-order chi connectivity index (χ1) is 8.16. The van der Waals surface area contributed by atoms with Gasteiger partial charge in [-0.3, -0.25) is 4.79 Å². The number of hydrogen-bond donors (Lipinski definition) is 1. The van der Waals surface area contributed by atoms with E-state index in [9.17, 15) is 4.79 Å². The molecular formula is C14H16BrNO. The van der Waals surface area contributed by atoms with Gasteiger partial charge in [0.25, 0.3) is 0 Å². The van der Waals surface area contributed by atoms with E-state index >= 15 is 0 Å². The fraction of sp³-hybridized carbons (Fsp3) is 0.357. The highest BCUT2D eigenvalue weighted by atomic mass is 79.9. The van der Waals surface area contributed by atoms with Gasteiger partial charge < -0.3 is 5.32 Å². The summed E-state index contributed by atoms with van der Waals surface area (Å²) in [6.07, 6.45) is 5.15. The summed E-state index contributed by atoms with van der Waals surface area (Å²) in [6, 6.07) is 8.32. The SMILES string of the molecule is CC(=CC(=O)NC1CCC1)c1ccccc1Br. The largest absolute Gasteiger partial charge is 0.350 e. The summed E-state index contributed by atoms with van der Waals surface area (Å²) in [5.74, 6) is 0.0166. The molecule has 1 saturated carbocycles. The van der Waals surface area contributed by atoms with Crippen LogP contribution in [0.4, 0.5) is 0 Å². The van der Waals surface area contributed by atoms with Crippen LogP contribution in [0.2, 0.25) is 0 Å². The fourth-order valence-electron chi connectivity index (χ4n) is 1.85. The third-order valence-electron chi connectivity index (χ3n) is 3.10. The van der Waals surface area contributed by atoms with Gasteiger partial charge in [0.2, 0.25) is 5.91 Å². The Hall–Kier alpha value is -1.09. The molecule has 0 atom stereocenters. The third-order valence-corrected chi connectivity index (χ3v) is 3.79. The molecule has 17 heavy (non-hydrogen) atoms. The van der Waals surface area contributed by atoms with Crippen LogP contribution in [0, 0.1) is 0 Å². The van der Waals surface area contributed by atoms with Crippen molar-refractivity contribution in [2.75, 3.05) is 0 Å². The van der Waals surface area contributed by atoms with Crippen molar-refractivity contribution in [1.29, 1.82) is 0 Å². The third kappa shape index (κ3) is 3.19. The molecule has 0 saturated heterocycles. The van der Waals surface area contributed by atoms with Gasteiger partial charge in [-0.25, -0.2) is 0 Å². The highest BCUT2D eigenvalue weighted by molar-refractivity contribution is 9.10. The van der Waals surface area contributed by atoms with E-state index in [1.807, 2.05) is 31.2 Å². The van der Waals surface area contributed by atoms with Crippen molar-refractivity contribution in [2.45, 2.75) is 32.2 Å². The first-order valence-corrected chi connectivity index (χ1v) is 6.70. The summed E-state index contributed by atoms with van der Waals surface area (Å²) in [4.78, 5) is 11.7. The second kappa shape index (κ2) is 5.50. The molecule has 1 aromatic rings. The minimum atomic E-state index is 0.0166. The molecule has 3 heteroatoms. The van der Waals surface area contributed by atoms with Gasteiger partial charge in [0.15, 0.2) is 0 Å². The Morgan fingerprint density at radius 1 is 1.41 bits per heavy atom. The van der Waals surface area contributed by atoms with E-state index in [2.05, 4.69) is 21.2 Å². The van der Waals surface area contributed by atoms with Crippen LogP contribution in [0.5, 0.6) is 0 Å². The van der Waals surface area contributed by atoms with E-state index in [-0.39, 0.29) is 5.91 Å². The van der Waals surface area contributed by atoms with Crippen molar-refractivity contribution >= 4 is 27.4 Å². The van der Waals surface area contributed by atoms with Crippen LogP contribution in [-0.4, -0.2) is 11.9 Å². The summed E-state index contributed by atoms with van der Waals surface area (Å²) >= 11 is 3.49. The number of halogens is 1. The minimum Gasteiger partial charge on any atom is -0.350 e. The van der Waals surface area contributed by atoms with Crippen molar-refractivity contribution in [3.05, 3.63) is 40.4 Å². The minimum absolute atomic E-state index is 0.0166. The second-order valence-corrected chi connectivity index (χ2v) is 5.30. The van der Waals surface area contributed by atoms with Gasteiger partial charge in [-0.1, -0.05) is 34.1 Å². The zero-order chi connectivity index (χ0) is 12.3. The number of nitrogens with one attached hydrogen (secondary N) is 1. The van der Waals surface area contributed by atoms with Crippen LogP contribution in [0.1, 0.15) is 31.7 Å². The summed E-state index contributed by atoms with van der Waals surface area (Å²) in [5.41, 5.74) is 2.05. The van der Waals surface area contributed by atoms with Crippen molar-refractivity contribution in [3.63, 3.8) is 0 Å². The molecule has 1 aliphatic carbocycles. The lowest BCUT2D eigenvalue weighted by Crippen LogP contribution is -2.38. The zero-order valence-corrected chi connectivity index (χ0v) is 11.5. The van der Waals surface area contributed by atoms with Crippen LogP contribution in [0.15, 0.2) is 34.8 Å². The van der Waals surface area contributed by atoms with Gasteiger partial charge >= 0.3 is 0 Å². The molecule has 0 unspecified atom stereocenters. The van der Waals surface area contributed by atoms with Crippen molar-refractivity contribution in [1.82, 2.24) is 5.32 Å². The van der Waals surface area contributed by atoms with Crippen LogP contribution in [0.25, 0.3) is 5.57 Å². The lowest BCUT2D eigenvalue weighted by molar-refractivity contribution is -0.117. The number of rotatable bonds is 3. The molecule has 0 radical (unpaired) electrons. The molecule has 1 N–H and O–H groups in total. The zero-order valence-electron chi connectivity index (χ0n) is 9.87. The second-order valence-electron chi connectivity index (χ2n) is 4.44. The molecule has 1 fully saturated rings. The van der Waals surface area contributed by atoms with Crippen LogP contribution in [-0.2, 0) is 4.79 Å². The van der Waals surface area contributed by atoms with Gasteiger partial charge in [0, 0.05) is 16.6 Å². The average molecular weight is 294 g/mol. The van der Waals surface area contributed by atoms with Crippen molar-refractivity contribution < 1.29 is 4.79 Å². The van der Waals surface area contributed by atoms with E-state index in [0.717, 1.165) is 28.5 Å². The lowest BCUT2D eigenvalue weighted by atomic mass is 9.93. The molecular weight excluding hydrogens is 278 g/mol. The highest BCUT2D eigenvalue weighted by Gasteiger charge is 2.18. The van der Waals surface area contributed by atoms with Crippen LogP contribution >= 0.6 is 15.9 Å². The Morgan fingerprint density at radius 3 is 2.71 bits per heavy atom. The number of carbonyl (C=O) groups is 1. The van der Waals surface area contributed by atoms with E-state index in [1.54, 1.807) is 6.08 Å². The Balaban J connectivity index is 2.05. The molecule has 0 heterocycles. The number of carbonyl (C=O) groups excluding carboxylic acids is 1. The normalized spacial score (nSPS) is 16.5. The van der Waals surface area contributed by atoms with Crippen LogP contribution in [0.3, 0.4) is 0 Å². The molecule has 0 aromatic heterocycles. The quantitative estimate of drug-likeness (QED) is 0.849. The van der Waals surface area contributed by atoms with E-state index in [0.29, 0.717) is 6.04 Å². The van der Waals surface area contributed by atoms with Crippen LogP contribution < -0.4 is 5.32 Å². The predicted octanol–water partition coefficient (Wildman–Crippen LogP) is 3.52. The topological polar surface area (TPSA) is 29.1 Å². The summed E-state index contributed by atoms with van der Waals surface area (Å²) in [7, 11) is 0. The molecule has 0 spiro atoms. The maximum atomic E-state index is 11.7. The van der Waals surface area contributed by atoms with Gasteiger partial charge in [-0.15, -0.1) is 0 Å². The highest BCUT2D eigenvalue weighted by Crippen LogP contribution is 2.23. The number of benzene rings is 1. The maximum Gasteiger partial charge on any atom is 0.244 e. The Labute approximate surface area is 110 Å². The molecule has 0 aliphatic heterocycles. The van der Waals surface area contributed by atoms with Crippen molar-refractivity contribution in [3.8, 4) is 0 Å². The van der Waals surface area contributed by atoms with E-state index < -0.39 is 0 Å². The average Bonchev–Trinajstić information content (AvgIpc) is 2.24.